The number of aliphatic hydroxyl groups is 1. The van der Waals surface area contributed by atoms with Crippen LogP contribution in [0, 0.1) is 0 Å². The maximum absolute atomic E-state index is 9.51. The lowest BCUT2D eigenvalue weighted by atomic mass is 10.00. The van der Waals surface area contributed by atoms with Gasteiger partial charge in [0.2, 0.25) is 0 Å². The summed E-state index contributed by atoms with van der Waals surface area (Å²) in [5.41, 5.74) is 1.93. The third kappa shape index (κ3) is 1.12. The first-order valence-corrected chi connectivity index (χ1v) is 4.00. The van der Waals surface area contributed by atoms with Gasteiger partial charge in [-0.2, -0.15) is 5.06 Å². The summed E-state index contributed by atoms with van der Waals surface area (Å²) >= 11 is 0. The van der Waals surface area contributed by atoms with E-state index in [1.165, 1.54) is 0 Å². The Bertz CT molecular complexity index is 288. The van der Waals surface area contributed by atoms with Gasteiger partial charge >= 0.3 is 0 Å². The molecule has 1 aliphatic heterocycles. The van der Waals surface area contributed by atoms with E-state index in [0.29, 0.717) is 6.54 Å². The van der Waals surface area contributed by atoms with Gasteiger partial charge in [-0.3, -0.25) is 0 Å². The van der Waals surface area contributed by atoms with E-state index in [0.717, 1.165) is 22.6 Å². The molecule has 0 aromatic heterocycles. The van der Waals surface area contributed by atoms with Crippen molar-refractivity contribution in [3.63, 3.8) is 0 Å². The Labute approximate surface area is 70.8 Å². The Kier molecular flexibility index (Phi) is 1.84. The fourth-order valence-electron chi connectivity index (χ4n) is 1.53. The van der Waals surface area contributed by atoms with Gasteiger partial charge in [0.15, 0.2) is 6.23 Å². The number of rotatable bonds is 0. The third-order valence-electron chi connectivity index (χ3n) is 2.23. The summed E-state index contributed by atoms with van der Waals surface area (Å²) in [4.78, 5) is 0. The summed E-state index contributed by atoms with van der Waals surface area (Å²) in [6, 6.07) is 7.62. The largest absolute Gasteiger partial charge is 0.372 e. The van der Waals surface area contributed by atoms with Crippen molar-refractivity contribution in [2.24, 2.45) is 0 Å². The quantitative estimate of drug-likeness (QED) is 0.601. The number of benzene rings is 1. The predicted octanol–water partition coefficient (Wildman–Crippen LogP) is 0.925. The van der Waals surface area contributed by atoms with Crippen LogP contribution in [0.4, 0.5) is 0 Å². The van der Waals surface area contributed by atoms with E-state index in [-0.39, 0.29) is 0 Å². The molecular weight excluding hydrogens is 154 g/mol. The van der Waals surface area contributed by atoms with E-state index in [4.69, 9.17) is 0 Å². The van der Waals surface area contributed by atoms with Gasteiger partial charge in [0, 0.05) is 12.1 Å². The zero-order valence-corrected chi connectivity index (χ0v) is 6.64. The van der Waals surface area contributed by atoms with Crippen LogP contribution in [0.5, 0.6) is 0 Å². The molecular formula is C9H11NO2. The molecule has 3 nitrogen and oxygen atoms in total. The third-order valence-corrected chi connectivity index (χ3v) is 2.23. The summed E-state index contributed by atoms with van der Waals surface area (Å²) < 4.78 is 0. The number of hydroxylamine groups is 2. The lowest BCUT2D eigenvalue weighted by Crippen LogP contribution is -2.32. The monoisotopic (exact) mass is 165 g/mol. The number of fused-ring (bicyclic) bond motifs is 1. The van der Waals surface area contributed by atoms with Gasteiger partial charge in [0.1, 0.15) is 0 Å². The molecule has 3 heteroatoms. The van der Waals surface area contributed by atoms with E-state index < -0.39 is 6.23 Å². The smallest absolute Gasteiger partial charge is 0.155 e. The first-order chi connectivity index (χ1) is 5.79. The van der Waals surface area contributed by atoms with E-state index >= 15 is 0 Å². The van der Waals surface area contributed by atoms with Crippen LogP contribution in [0.3, 0.4) is 0 Å². The Morgan fingerprint density at radius 2 is 2.08 bits per heavy atom. The van der Waals surface area contributed by atoms with Crippen LogP contribution < -0.4 is 0 Å². The topological polar surface area (TPSA) is 43.7 Å². The number of hydrogen-bond acceptors (Lipinski definition) is 3. The lowest BCUT2D eigenvalue weighted by molar-refractivity contribution is -0.204. The molecule has 0 saturated heterocycles. The Balaban J connectivity index is 2.42. The van der Waals surface area contributed by atoms with Gasteiger partial charge < -0.3 is 10.3 Å². The standard InChI is InChI=1S/C9H11NO2/c11-9-8-4-2-1-3-7(8)5-6-10(9)12/h1-4,9,11-12H,5-6H2. The molecule has 2 rings (SSSR count). The summed E-state index contributed by atoms with van der Waals surface area (Å²) in [5, 5.41) is 19.7. The number of nitrogens with zero attached hydrogens (tertiary/aromatic N) is 1. The second-order valence-electron chi connectivity index (χ2n) is 2.99. The van der Waals surface area contributed by atoms with E-state index in [1.807, 2.05) is 24.3 Å². The minimum absolute atomic E-state index is 0.498. The van der Waals surface area contributed by atoms with E-state index in [2.05, 4.69) is 0 Å². The maximum Gasteiger partial charge on any atom is 0.155 e. The summed E-state index contributed by atoms with van der Waals surface area (Å²) in [6.45, 7) is 0.498. The van der Waals surface area contributed by atoms with Crippen molar-refractivity contribution in [3.05, 3.63) is 35.4 Å². The van der Waals surface area contributed by atoms with Crippen LogP contribution in [0.15, 0.2) is 24.3 Å². The molecule has 1 heterocycles. The van der Waals surface area contributed by atoms with Gasteiger partial charge in [-0.15, -0.1) is 0 Å². The highest BCUT2D eigenvalue weighted by Crippen LogP contribution is 2.25. The Morgan fingerprint density at radius 1 is 1.33 bits per heavy atom. The molecule has 0 aliphatic carbocycles. The van der Waals surface area contributed by atoms with Gasteiger partial charge in [0.05, 0.1) is 0 Å². The molecule has 1 atom stereocenters. The molecule has 0 fully saturated rings. The van der Waals surface area contributed by atoms with Gasteiger partial charge in [-0.25, -0.2) is 0 Å². The summed E-state index contributed by atoms with van der Waals surface area (Å²) in [6.07, 6.45) is -0.0565. The van der Waals surface area contributed by atoms with Crippen LogP contribution in [0.1, 0.15) is 17.4 Å². The first kappa shape index (κ1) is 7.73. The molecule has 1 unspecified atom stereocenters. The SMILES string of the molecule is OC1c2ccccc2CCN1O. The van der Waals surface area contributed by atoms with Crippen molar-refractivity contribution in [1.82, 2.24) is 5.06 Å². The Morgan fingerprint density at radius 3 is 2.92 bits per heavy atom. The molecule has 64 valence electrons. The molecule has 0 spiro atoms. The molecule has 0 amide bonds. The molecule has 1 aliphatic rings. The van der Waals surface area contributed by atoms with Crippen LogP contribution in [0.2, 0.25) is 0 Å². The zero-order valence-electron chi connectivity index (χ0n) is 6.64. The Hall–Kier alpha value is -0.900. The molecule has 0 radical (unpaired) electrons. The maximum atomic E-state index is 9.51. The normalized spacial score (nSPS) is 23.7. The molecule has 0 bridgehead atoms. The average molecular weight is 165 g/mol. The molecule has 0 saturated carbocycles. The molecule has 2 N–H and O–H groups in total. The summed E-state index contributed by atoms with van der Waals surface area (Å²) in [7, 11) is 0. The van der Waals surface area contributed by atoms with Crippen molar-refractivity contribution in [2.45, 2.75) is 12.6 Å². The van der Waals surface area contributed by atoms with E-state index in [1.54, 1.807) is 0 Å². The average Bonchev–Trinajstić information content (AvgIpc) is 2.12. The molecule has 1 aromatic rings. The molecule has 12 heavy (non-hydrogen) atoms. The van der Waals surface area contributed by atoms with Crippen molar-refractivity contribution >= 4 is 0 Å². The first-order valence-electron chi connectivity index (χ1n) is 4.00. The van der Waals surface area contributed by atoms with E-state index in [9.17, 15) is 10.3 Å². The minimum Gasteiger partial charge on any atom is -0.372 e. The fraction of sp³-hybridized carbons (Fsp3) is 0.333. The van der Waals surface area contributed by atoms with Gasteiger partial charge in [0.25, 0.3) is 0 Å². The van der Waals surface area contributed by atoms with Crippen molar-refractivity contribution < 1.29 is 10.3 Å². The predicted molar refractivity (Wildman–Crippen MR) is 43.6 cm³/mol. The molecule has 1 aromatic carbocycles. The van der Waals surface area contributed by atoms with Crippen molar-refractivity contribution in [3.8, 4) is 0 Å². The number of hydrogen-bond donors (Lipinski definition) is 2. The van der Waals surface area contributed by atoms with Crippen LogP contribution in [0.25, 0.3) is 0 Å². The second-order valence-corrected chi connectivity index (χ2v) is 2.99. The fourth-order valence-corrected chi connectivity index (χ4v) is 1.53. The zero-order chi connectivity index (χ0) is 8.55. The highest BCUT2D eigenvalue weighted by atomic mass is 16.5. The highest BCUT2D eigenvalue weighted by Gasteiger charge is 2.22. The lowest BCUT2D eigenvalue weighted by Gasteiger charge is -2.28. The highest BCUT2D eigenvalue weighted by molar-refractivity contribution is 5.30. The van der Waals surface area contributed by atoms with Crippen molar-refractivity contribution in [1.29, 1.82) is 0 Å². The van der Waals surface area contributed by atoms with Crippen LogP contribution >= 0.6 is 0 Å². The van der Waals surface area contributed by atoms with Gasteiger partial charge in [-0.05, 0) is 12.0 Å². The van der Waals surface area contributed by atoms with Gasteiger partial charge in [-0.1, -0.05) is 24.3 Å². The summed E-state index contributed by atoms with van der Waals surface area (Å²) in [5.74, 6) is 0. The number of aliphatic hydroxyl groups excluding tert-OH is 1. The minimum atomic E-state index is -0.852. The van der Waals surface area contributed by atoms with Crippen molar-refractivity contribution in [2.75, 3.05) is 6.54 Å². The van der Waals surface area contributed by atoms with Crippen LogP contribution in [-0.4, -0.2) is 21.9 Å². The second kappa shape index (κ2) is 2.86. The van der Waals surface area contributed by atoms with Crippen LogP contribution in [-0.2, 0) is 6.42 Å².